The van der Waals surface area contributed by atoms with Gasteiger partial charge in [-0.05, 0) is 61.4 Å². The lowest BCUT2D eigenvalue weighted by atomic mass is 10.0. The van der Waals surface area contributed by atoms with Gasteiger partial charge >= 0.3 is 0 Å². The molecule has 1 aliphatic rings. The van der Waals surface area contributed by atoms with E-state index < -0.39 is 0 Å². The van der Waals surface area contributed by atoms with Crippen LogP contribution in [0.5, 0.6) is 0 Å². The number of benzene rings is 2. The summed E-state index contributed by atoms with van der Waals surface area (Å²) >= 11 is 0. The fourth-order valence-electron chi connectivity index (χ4n) is 2.91. The molecule has 0 amide bonds. The molecule has 1 heteroatoms. The molecule has 0 fully saturated rings. The van der Waals surface area contributed by atoms with Crippen molar-refractivity contribution in [2.45, 2.75) is 39.2 Å². The summed E-state index contributed by atoms with van der Waals surface area (Å²) in [7, 11) is 0. The molecule has 19 heavy (non-hydrogen) atoms. The van der Waals surface area contributed by atoms with Crippen molar-refractivity contribution in [1.29, 1.82) is 0 Å². The Kier molecular flexibility index (Phi) is 3.29. The van der Waals surface area contributed by atoms with Crippen molar-refractivity contribution < 1.29 is 0 Å². The Bertz CT molecular complexity index is 586. The molecule has 2 aromatic rings. The molecule has 1 unspecified atom stereocenters. The molecule has 1 atom stereocenters. The molecule has 0 spiro atoms. The maximum Gasteiger partial charge on any atom is 0.0485 e. The molecule has 0 bridgehead atoms. The zero-order valence-electron chi connectivity index (χ0n) is 11.7. The first kappa shape index (κ1) is 12.3. The molecule has 2 aromatic carbocycles. The molecular formula is C18H21N. The lowest BCUT2D eigenvalue weighted by Gasteiger charge is -2.18. The molecule has 0 saturated carbocycles. The minimum absolute atomic E-state index is 0.354. The molecule has 0 aliphatic heterocycles. The number of anilines is 1. The highest BCUT2D eigenvalue weighted by molar-refractivity contribution is 5.52. The van der Waals surface area contributed by atoms with Crippen molar-refractivity contribution in [2.75, 3.05) is 5.32 Å². The van der Waals surface area contributed by atoms with Crippen LogP contribution in [-0.2, 0) is 12.8 Å². The van der Waals surface area contributed by atoms with E-state index in [4.69, 9.17) is 0 Å². The predicted molar refractivity (Wildman–Crippen MR) is 81.7 cm³/mol. The van der Waals surface area contributed by atoms with Gasteiger partial charge < -0.3 is 5.32 Å². The third-order valence-electron chi connectivity index (χ3n) is 4.14. The lowest BCUT2D eigenvalue weighted by Crippen LogP contribution is -2.08. The Labute approximate surface area is 115 Å². The van der Waals surface area contributed by atoms with Crippen LogP contribution in [0, 0.1) is 6.92 Å². The summed E-state index contributed by atoms with van der Waals surface area (Å²) in [5.41, 5.74) is 7.03. The van der Waals surface area contributed by atoms with Crippen molar-refractivity contribution >= 4 is 5.69 Å². The zero-order valence-corrected chi connectivity index (χ0v) is 11.7. The Balaban J connectivity index is 1.81. The summed E-state index contributed by atoms with van der Waals surface area (Å²) in [4.78, 5) is 0. The van der Waals surface area contributed by atoms with Gasteiger partial charge in [-0.15, -0.1) is 0 Å². The predicted octanol–water partition coefficient (Wildman–Crippen LogP) is 4.66. The molecule has 1 N–H and O–H groups in total. The van der Waals surface area contributed by atoms with E-state index in [1.54, 1.807) is 11.1 Å². The molecular weight excluding hydrogens is 230 g/mol. The van der Waals surface area contributed by atoms with Crippen LogP contribution in [0.3, 0.4) is 0 Å². The average Bonchev–Trinajstić information content (AvgIpc) is 2.88. The quantitative estimate of drug-likeness (QED) is 0.836. The maximum atomic E-state index is 3.62. The minimum atomic E-state index is 0.354. The fraction of sp³-hybridized carbons (Fsp3) is 0.333. The van der Waals surface area contributed by atoms with Gasteiger partial charge in [0, 0.05) is 11.7 Å². The smallest absolute Gasteiger partial charge is 0.0485 e. The van der Waals surface area contributed by atoms with Crippen molar-refractivity contribution in [3.05, 3.63) is 64.7 Å². The third kappa shape index (κ3) is 2.51. The highest BCUT2D eigenvalue weighted by Crippen LogP contribution is 2.27. The Morgan fingerprint density at radius 2 is 1.79 bits per heavy atom. The second kappa shape index (κ2) is 5.08. The standard InChI is InChI=1S/C18H21N/c1-13-6-3-4-9-18(13)19-14(2)16-11-10-15-7-5-8-17(15)12-16/h3-4,6,9-12,14,19H,5,7-8H2,1-2H3. The molecule has 0 radical (unpaired) electrons. The number of para-hydroxylation sites is 1. The van der Waals surface area contributed by atoms with Crippen molar-refractivity contribution in [3.8, 4) is 0 Å². The van der Waals surface area contributed by atoms with E-state index in [2.05, 4.69) is 61.6 Å². The highest BCUT2D eigenvalue weighted by Gasteiger charge is 2.13. The van der Waals surface area contributed by atoms with Crippen LogP contribution in [0.1, 0.15) is 41.6 Å². The van der Waals surface area contributed by atoms with E-state index in [9.17, 15) is 0 Å². The van der Waals surface area contributed by atoms with Crippen molar-refractivity contribution in [1.82, 2.24) is 0 Å². The number of hydrogen-bond donors (Lipinski definition) is 1. The van der Waals surface area contributed by atoms with Gasteiger partial charge in [-0.1, -0.05) is 36.4 Å². The zero-order chi connectivity index (χ0) is 13.2. The van der Waals surface area contributed by atoms with Crippen LogP contribution in [0.25, 0.3) is 0 Å². The van der Waals surface area contributed by atoms with Gasteiger partial charge in [0.2, 0.25) is 0 Å². The molecule has 0 saturated heterocycles. The van der Waals surface area contributed by atoms with Gasteiger partial charge in [0.1, 0.15) is 0 Å². The summed E-state index contributed by atoms with van der Waals surface area (Å²) in [5, 5.41) is 3.62. The van der Waals surface area contributed by atoms with Gasteiger partial charge in [0.05, 0.1) is 0 Å². The van der Waals surface area contributed by atoms with E-state index in [-0.39, 0.29) is 0 Å². The number of nitrogens with one attached hydrogen (secondary N) is 1. The van der Waals surface area contributed by atoms with Crippen molar-refractivity contribution in [3.63, 3.8) is 0 Å². The van der Waals surface area contributed by atoms with E-state index in [1.165, 1.54) is 36.1 Å². The summed E-state index contributed by atoms with van der Waals surface area (Å²) in [5.74, 6) is 0. The van der Waals surface area contributed by atoms with Gasteiger partial charge in [-0.3, -0.25) is 0 Å². The topological polar surface area (TPSA) is 12.0 Å². The van der Waals surface area contributed by atoms with E-state index in [0.29, 0.717) is 6.04 Å². The number of rotatable bonds is 3. The Morgan fingerprint density at radius 1 is 1.00 bits per heavy atom. The molecule has 0 heterocycles. The molecule has 0 aromatic heterocycles. The first-order chi connectivity index (χ1) is 9.24. The van der Waals surface area contributed by atoms with Crippen LogP contribution in [0.15, 0.2) is 42.5 Å². The Morgan fingerprint density at radius 3 is 2.63 bits per heavy atom. The third-order valence-corrected chi connectivity index (χ3v) is 4.14. The number of hydrogen-bond acceptors (Lipinski definition) is 1. The summed E-state index contributed by atoms with van der Waals surface area (Å²) in [6.07, 6.45) is 3.83. The van der Waals surface area contributed by atoms with Gasteiger partial charge in [0.15, 0.2) is 0 Å². The van der Waals surface area contributed by atoms with E-state index >= 15 is 0 Å². The van der Waals surface area contributed by atoms with Gasteiger partial charge in [-0.2, -0.15) is 0 Å². The summed E-state index contributed by atoms with van der Waals surface area (Å²) in [6.45, 7) is 4.39. The second-order valence-corrected chi connectivity index (χ2v) is 5.56. The average molecular weight is 251 g/mol. The van der Waals surface area contributed by atoms with Gasteiger partial charge in [0.25, 0.3) is 0 Å². The SMILES string of the molecule is Cc1ccccc1NC(C)c1ccc2c(c1)CCC2. The monoisotopic (exact) mass is 251 g/mol. The first-order valence-corrected chi connectivity index (χ1v) is 7.18. The molecule has 1 nitrogen and oxygen atoms in total. The molecule has 3 rings (SSSR count). The van der Waals surface area contributed by atoms with Crippen LogP contribution >= 0.6 is 0 Å². The molecule has 98 valence electrons. The van der Waals surface area contributed by atoms with Crippen LogP contribution < -0.4 is 5.32 Å². The second-order valence-electron chi connectivity index (χ2n) is 5.56. The summed E-state index contributed by atoms with van der Waals surface area (Å²) < 4.78 is 0. The lowest BCUT2D eigenvalue weighted by molar-refractivity contribution is 0.877. The van der Waals surface area contributed by atoms with Crippen LogP contribution in [0.4, 0.5) is 5.69 Å². The molecule has 1 aliphatic carbocycles. The Hall–Kier alpha value is -1.76. The van der Waals surface area contributed by atoms with E-state index in [0.717, 1.165) is 0 Å². The largest absolute Gasteiger partial charge is 0.378 e. The van der Waals surface area contributed by atoms with Crippen LogP contribution in [-0.4, -0.2) is 0 Å². The summed E-state index contributed by atoms with van der Waals surface area (Å²) in [6, 6.07) is 15.8. The highest BCUT2D eigenvalue weighted by atomic mass is 14.9. The minimum Gasteiger partial charge on any atom is -0.378 e. The first-order valence-electron chi connectivity index (χ1n) is 7.18. The normalized spacial score (nSPS) is 15.1. The number of aryl methyl sites for hydroxylation is 3. The van der Waals surface area contributed by atoms with E-state index in [1.807, 2.05) is 0 Å². The van der Waals surface area contributed by atoms with Crippen molar-refractivity contribution in [2.24, 2.45) is 0 Å². The van der Waals surface area contributed by atoms with Gasteiger partial charge in [-0.25, -0.2) is 0 Å². The van der Waals surface area contributed by atoms with Crippen LogP contribution in [0.2, 0.25) is 0 Å². The number of fused-ring (bicyclic) bond motifs is 1. The maximum absolute atomic E-state index is 3.62. The fourth-order valence-corrected chi connectivity index (χ4v) is 2.91.